The monoisotopic (exact) mass is 600 g/mol. The van der Waals surface area contributed by atoms with Crippen LogP contribution in [0.3, 0.4) is 0 Å². The molecule has 5 aromatic rings. The molecule has 2 aromatic heterocycles. The number of ether oxygens (including phenoxy) is 4. The second kappa shape index (κ2) is 12.5. The van der Waals surface area contributed by atoms with Crippen molar-refractivity contribution in [3.05, 3.63) is 112 Å². The molecule has 0 radical (unpaired) electrons. The van der Waals surface area contributed by atoms with Crippen molar-refractivity contribution < 1.29 is 23.7 Å². The number of nitriles is 1. The molecule has 4 heterocycles. The third kappa shape index (κ3) is 6.03. The Morgan fingerprint density at radius 1 is 1.02 bits per heavy atom. The fourth-order valence-electron chi connectivity index (χ4n) is 5.88. The highest BCUT2D eigenvalue weighted by molar-refractivity contribution is 5.93. The van der Waals surface area contributed by atoms with Gasteiger partial charge in [0.1, 0.15) is 12.4 Å². The number of pyridine rings is 1. The number of carbonyl (C=O) groups excluding carboxylic acids is 1. The van der Waals surface area contributed by atoms with Crippen molar-refractivity contribution in [2.75, 3.05) is 20.3 Å². The summed E-state index contributed by atoms with van der Waals surface area (Å²) in [6, 6.07) is 25.6. The van der Waals surface area contributed by atoms with E-state index in [-0.39, 0.29) is 12.1 Å². The summed E-state index contributed by atoms with van der Waals surface area (Å²) in [6.07, 6.45) is 2.26. The molecule has 0 amide bonds. The molecule has 0 N–H and O–H groups in total. The molecule has 1 saturated heterocycles. The summed E-state index contributed by atoms with van der Waals surface area (Å²) < 4.78 is 25.2. The lowest BCUT2D eigenvalue weighted by Gasteiger charge is -2.27. The molecule has 9 nitrogen and oxygen atoms in total. The maximum absolute atomic E-state index is 12.3. The van der Waals surface area contributed by atoms with E-state index in [0.717, 1.165) is 63.4 Å². The van der Waals surface area contributed by atoms with Gasteiger partial charge >= 0.3 is 5.97 Å². The number of methoxy groups -OCH3 is 1. The van der Waals surface area contributed by atoms with Crippen LogP contribution in [-0.2, 0) is 46.8 Å². The Morgan fingerprint density at radius 3 is 2.76 bits per heavy atom. The molecule has 0 spiro atoms. The summed E-state index contributed by atoms with van der Waals surface area (Å²) in [5.74, 6) is 1.04. The molecule has 0 unspecified atom stereocenters. The first-order valence-electron chi connectivity index (χ1n) is 15.1. The predicted octanol–water partition coefficient (Wildman–Crippen LogP) is 5.79. The van der Waals surface area contributed by atoms with Crippen LogP contribution in [0.15, 0.2) is 72.8 Å². The first-order valence-corrected chi connectivity index (χ1v) is 15.1. The van der Waals surface area contributed by atoms with Gasteiger partial charge in [0, 0.05) is 24.7 Å². The smallest absolute Gasteiger partial charge is 0.337 e. The number of rotatable bonds is 5. The molecule has 226 valence electrons. The van der Waals surface area contributed by atoms with Gasteiger partial charge in [0.2, 0.25) is 5.88 Å². The van der Waals surface area contributed by atoms with Gasteiger partial charge in [0.05, 0.1) is 66.9 Å². The molecule has 7 rings (SSSR count). The SMILES string of the molecule is COC(=O)c1ccc2nc(Cc3ccc4cc3COCCc3cc(ccc3C#N)COc3cccc-4n3)n(C[C@@H]3CCO3)c2c1. The largest absolute Gasteiger partial charge is 0.473 e. The minimum atomic E-state index is -0.381. The minimum absolute atomic E-state index is 0.105. The second-order valence-electron chi connectivity index (χ2n) is 11.3. The lowest BCUT2D eigenvalue weighted by atomic mass is 9.99. The first kappa shape index (κ1) is 28.7. The first-order chi connectivity index (χ1) is 22.1. The van der Waals surface area contributed by atoms with E-state index < -0.39 is 0 Å². The summed E-state index contributed by atoms with van der Waals surface area (Å²) in [5.41, 5.74) is 8.59. The van der Waals surface area contributed by atoms with E-state index in [1.54, 1.807) is 6.07 Å². The highest BCUT2D eigenvalue weighted by Crippen LogP contribution is 2.28. The summed E-state index contributed by atoms with van der Waals surface area (Å²) in [4.78, 5) is 22.1. The summed E-state index contributed by atoms with van der Waals surface area (Å²) in [7, 11) is 1.39. The quantitative estimate of drug-likeness (QED) is 0.233. The number of esters is 1. The molecule has 45 heavy (non-hydrogen) atoms. The van der Waals surface area contributed by atoms with Crippen LogP contribution in [0, 0.1) is 11.3 Å². The van der Waals surface area contributed by atoms with E-state index in [4.69, 9.17) is 28.9 Å². The standard InChI is InChI=1S/C36H32N4O5/c1-42-36(41)27-9-10-32-33(17-27)40(20-30-12-14-44-30)34(38-32)18-24-7-8-26-16-29(24)22-43-13-11-25-15-23(5-6-28(25)19-37)21-45-35-4-2-3-31(26)39-35/h2-10,15-17,30H,11-14,18,20-22H2,1H3/t30-/m0/s1. The van der Waals surface area contributed by atoms with Gasteiger partial charge in [-0.25, -0.2) is 14.8 Å². The van der Waals surface area contributed by atoms with Gasteiger partial charge in [-0.2, -0.15) is 5.26 Å². The van der Waals surface area contributed by atoms with E-state index in [2.05, 4.69) is 28.8 Å². The average molecular weight is 601 g/mol. The topological polar surface area (TPSA) is 108 Å². The number of benzene rings is 3. The van der Waals surface area contributed by atoms with Crippen LogP contribution < -0.4 is 4.74 Å². The van der Waals surface area contributed by atoms with Crippen molar-refractivity contribution >= 4 is 17.0 Å². The maximum atomic E-state index is 12.3. The van der Waals surface area contributed by atoms with Gasteiger partial charge in [-0.05, 0) is 71.5 Å². The molecule has 3 aromatic carbocycles. The number of carbonyl (C=O) groups is 1. The predicted molar refractivity (Wildman–Crippen MR) is 167 cm³/mol. The van der Waals surface area contributed by atoms with Crippen LogP contribution in [0.4, 0.5) is 0 Å². The van der Waals surface area contributed by atoms with Crippen molar-refractivity contribution in [3.8, 4) is 23.2 Å². The molecule has 0 aliphatic carbocycles. The molecule has 0 saturated carbocycles. The summed E-state index contributed by atoms with van der Waals surface area (Å²) in [6.45, 7) is 2.61. The van der Waals surface area contributed by atoms with Crippen molar-refractivity contribution in [2.45, 2.75) is 45.1 Å². The maximum Gasteiger partial charge on any atom is 0.337 e. The van der Waals surface area contributed by atoms with Crippen LogP contribution in [0.25, 0.3) is 22.3 Å². The van der Waals surface area contributed by atoms with Crippen molar-refractivity contribution in [3.63, 3.8) is 0 Å². The lowest BCUT2D eigenvalue weighted by Crippen LogP contribution is -2.31. The van der Waals surface area contributed by atoms with E-state index in [1.807, 2.05) is 48.5 Å². The second-order valence-corrected chi connectivity index (χ2v) is 11.3. The summed E-state index contributed by atoms with van der Waals surface area (Å²) >= 11 is 0. The molecule has 2 aliphatic rings. The van der Waals surface area contributed by atoms with Crippen molar-refractivity contribution in [1.82, 2.24) is 14.5 Å². The van der Waals surface area contributed by atoms with Crippen LogP contribution in [0.2, 0.25) is 0 Å². The number of hydrogen-bond acceptors (Lipinski definition) is 8. The fraction of sp³-hybridized carbons (Fsp3) is 0.278. The summed E-state index contributed by atoms with van der Waals surface area (Å²) in [5, 5.41) is 9.67. The Bertz CT molecular complexity index is 1940. The number of nitrogens with zero attached hydrogens (tertiary/aromatic N) is 4. The zero-order valence-electron chi connectivity index (χ0n) is 25.0. The van der Waals surface area contributed by atoms with Gasteiger partial charge in [0.15, 0.2) is 0 Å². The fourth-order valence-corrected chi connectivity index (χ4v) is 5.88. The van der Waals surface area contributed by atoms with E-state index in [1.165, 1.54) is 7.11 Å². The van der Waals surface area contributed by atoms with Crippen LogP contribution >= 0.6 is 0 Å². The Morgan fingerprint density at radius 2 is 1.93 bits per heavy atom. The van der Waals surface area contributed by atoms with Crippen LogP contribution in [0.5, 0.6) is 5.88 Å². The van der Waals surface area contributed by atoms with Gasteiger partial charge < -0.3 is 23.5 Å². The average Bonchev–Trinajstić information content (AvgIpc) is 3.39. The van der Waals surface area contributed by atoms with Crippen molar-refractivity contribution in [1.29, 1.82) is 5.26 Å². The molecule has 1 atom stereocenters. The third-order valence-corrected chi connectivity index (χ3v) is 8.45. The zero-order valence-corrected chi connectivity index (χ0v) is 25.0. The molecular formula is C36H32N4O5. The molecule has 9 heteroatoms. The van der Waals surface area contributed by atoms with Gasteiger partial charge in [-0.3, -0.25) is 0 Å². The van der Waals surface area contributed by atoms with Gasteiger partial charge in [-0.15, -0.1) is 0 Å². The number of imidazole rings is 1. The number of hydrogen-bond donors (Lipinski definition) is 0. The number of fused-ring (bicyclic) bond motifs is 8. The van der Waals surface area contributed by atoms with Crippen LogP contribution in [0.1, 0.15) is 50.4 Å². The highest BCUT2D eigenvalue weighted by atomic mass is 16.5. The van der Waals surface area contributed by atoms with E-state index in [0.29, 0.717) is 56.2 Å². The Balaban J connectivity index is 1.25. The lowest BCUT2D eigenvalue weighted by molar-refractivity contribution is -0.0589. The van der Waals surface area contributed by atoms with E-state index in [9.17, 15) is 10.1 Å². The van der Waals surface area contributed by atoms with Crippen LogP contribution in [-0.4, -0.2) is 46.9 Å². The normalized spacial score (nSPS) is 16.0. The molecule has 6 bridgehead atoms. The van der Waals surface area contributed by atoms with Gasteiger partial charge in [0.25, 0.3) is 0 Å². The van der Waals surface area contributed by atoms with Crippen molar-refractivity contribution in [2.24, 2.45) is 0 Å². The molecule has 1 fully saturated rings. The zero-order chi connectivity index (χ0) is 30.8. The minimum Gasteiger partial charge on any atom is -0.473 e. The Labute approximate surface area is 261 Å². The Kier molecular flexibility index (Phi) is 7.99. The Hall–Kier alpha value is -5.04. The highest BCUT2D eigenvalue weighted by Gasteiger charge is 2.23. The molecule has 2 aliphatic heterocycles. The number of aromatic nitrogens is 3. The third-order valence-electron chi connectivity index (χ3n) is 8.45. The molecular weight excluding hydrogens is 568 g/mol. The van der Waals surface area contributed by atoms with E-state index >= 15 is 0 Å². The van der Waals surface area contributed by atoms with Gasteiger partial charge in [-0.1, -0.05) is 30.3 Å².